The molecule has 0 spiro atoms. The minimum absolute atomic E-state index is 0.148. The van der Waals surface area contributed by atoms with Gasteiger partial charge in [0.15, 0.2) is 5.82 Å². The summed E-state index contributed by atoms with van der Waals surface area (Å²) in [5.41, 5.74) is 2.89. The van der Waals surface area contributed by atoms with Crippen LogP contribution in [0.3, 0.4) is 0 Å². The molecule has 0 aliphatic heterocycles. The van der Waals surface area contributed by atoms with Crippen molar-refractivity contribution in [1.29, 1.82) is 0 Å². The zero-order chi connectivity index (χ0) is 13.1. The van der Waals surface area contributed by atoms with Crippen molar-refractivity contribution >= 4 is 21.7 Å². The van der Waals surface area contributed by atoms with E-state index in [1.54, 1.807) is 13.1 Å². The fourth-order valence-corrected chi connectivity index (χ4v) is 1.73. The highest BCUT2D eigenvalue weighted by molar-refractivity contribution is 9.10. The van der Waals surface area contributed by atoms with Gasteiger partial charge in [-0.1, -0.05) is 0 Å². The fourth-order valence-electron chi connectivity index (χ4n) is 1.41. The first-order valence-corrected chi connectivity index (χ1v) is 5.90. The van der Waals surface area contributed by atoms with Gasteiger partial charge in [-0.05, 0) is 22.9 Å². The molecule has 0 aliphatic carbocycles. The average molecular weight is 311 g/mol. The number of nitrogens with one attached hydrogen (secondary N) is 1. The summed E-state index contributed by atoms with van der Waals surface area (Å²) < 4.78 is 1.94. The molecule has 2 aromatic rings. The minimum atomic E-state index is -0.148. The molecule has 0 unspecified atom stereocenters. The Morgan fingerprint density at radius 1 is 1.33 bits per heavy atom. The number of anilines is 1. The van der Waals surface area contributed by atoms with E-state index in [4.69, 9.17) is 5.84 Å². The third kappa shape index (κ3) is 2.54. The minimum Gasteiger partial charge on any atom is -0.307 e. The number of nitrogen functional groups attached to an aromatic ring is 1. The Morgan fingerprint density at radius 2 is 2.11 bits per heavy atom. The van der Waals surface area contributed by atoms with Crippen LogP contribution in [0.1, 0.15) is 11.5 Å². The van der Waals surface area contributed by atoms with E-state index < -0.39 is 0 Å². The van der Waals surface area contributed by atoms with Crippen LogP contribution in [-0.2, 0) is 6.54 Å². The highest BCUT2D eigenvalue weighted by Crippen LogP contribution is 2.05. The fraction of sp³-hybridized carbons (Fsp3) is 0.200. The molecule has 0 radical (unpaired) electrons. The monoisotopic (exact) mass is 310 g/mol. The van der Waals surface area contributed by atoms with Gasteiger partial charge in [0.1, 0.15) is 10.3 Å². The van der Waals surface area contributed by atoms with E-state index in [1.165, 1.54) is 17.0 Å². The maximum atomic E-state index is 11.9. The Hall–Kier alpha value is -1.80. The Bertz CT molecular complexity index is 609. The summed E-state index contributed by atoms with van der Waals surface area (Å²) in [6.07, 6.45) is 4.55. The van der Waals surface area contributed by atoms with E-state index in [9.17, 15) is 4.79 Å². The third-order valence-corrected chi connectivity index (χ3v) is 2.92. The highest BCUT2D eigenvalue weighted by Gasteiger charge is 2.07. The summed E-state index contributed by atoms with van der Waals surface area (Å²) in [7, 11) is 0. The van der Waals surface area contributed by atoms with Crippen LogP contribution < -0.4 is 16.8 Å². The molecule has 2 rings (SSSR count). The van der Waals surface area contributed by atoms with E-state index in [0.29, 0.717) is 28.4 Å². The molecule has 7 nitrogen and oxygen atoms in total. The summed E-state index contributed by atoms with van der Waals surface area (Å²) in [6.45, 7) is 2.08. The van der Waals surface area contributed by atoms with Crippen molar-refractivity contribution in [3.8, 4) is 0 Å². The second kappa shape index (κ2) is 5.23. The molecule has 0 bridgehead atoms. The SMILES string of the molecule is Cc1ncc(Br)c(=O)n1Cc1cnc(NN)cn1. The van der Waals surface area contributed by atoms with Gasteiger partial charge < -0.3 is 5.43 Å². The molecule has 18 heavy (non-hydrogen) atoms. The maximum Gasteiger partial charge on any atom is 0.268 e. The second-order valence-electron chi connectivity index (χ2n) is 3.58. The number of halogens is 1. The number of aryl methyl sites for hydroxylation is 1. The Morgan fingerprint density at radius 3 is 2.72 bits per heavy atom. The van der Waals surface area contributed by atoms with Crippen LogP contribution in [-0.4, -0.2) is 19.5 Å². The van der Waals surface area contributed by atoms with Crippen LogP contribution in [0.25, 0.3) is 0 Å². The van der Waals surface area contributed by atoms with E-state index >= 15 is 0 Å². The lowest BCUT2D eigenvalue weighted by molar-refractivity contribution is 0.679. The molecule has 0 saturated heterocycles. The quantitative estimate of drug-likeness (QED) is 0.630. The van der Waals surface area contributed by atoms with Gasteiger partial charge in [-0.3, -0.25) is 14.3 Å². The van der Waals surface area contributed by atoms with Crippen LogP contribution >= 0.6 is 15.9 Å². The standard InChI is InChI=1S/C10H11BrN6O/c1-6-13-3-8(11)10(18)17(6)5-7-2-15-9(16-12)4-14-7/h2-4H,5,12H2,1H3,(H,15,16). The molecule has 0 aliphatic rings. The number of nitrogens with two attached hydrogens (primary N) is 1. The molecule has 8 heteroatoms. The number of hydrogen-bond acceptors (Lipinski definition) is 6. The third-order valence-electron chi connectivity index (χ3n) is 2.38. The van der Waals surface area contributed by atoms with E-state index in [-0.39, 0.29) is 5.56 Å². The molecule has 0 saturated carbocycles. The first-order chi connectivity index (χ1) is 8.61. The second-order valence-corrected chi connectivity index (χ2v) is 4.44. The van der Waals surface area contributed by atoms with Gasteiger partial charge in [0.2, 0.25) is 0 Å². The van der Waals surface area contributed by atoms with Gasteiger partial charge >= 0.3 is 0 Å². The van der Waals surface area contributed by atoms with Crippen molar-refractivity contribution in [2.45, 2.75) is 13.5 Å². The predicted octanol–water partition coefficient (Wildman–Crippen LogP) is 0.438. The van der Waals surface area contributed by atoms with Crippen molar-refractivity contribution in [3.63, 3.8) is 0 Å². The van der Waals surface area contributed by atoms with E-state index in [2.05, 4.69) is 36.3 Å². The van der Waals surface area contributed by atoms with Crippen molar-refractivity contribution in [2.75, 3.05) is 5.43 Å². The van der Waals surface area contributed by atoms with Crippen LogP contribution in [0.4, 0.5) is 5.82 Å². The highest BCUT2D eigenvalue weighted by atomic mass is 79.9. The van der Waals surface area contributed by atoms with Crippen LogP contribution in [0, 0.1) is 6.92 Å². The largest absolute Gasteiger partial charge is 0.307 e. The Balaban J connectivity index is 2.33. The lowest BCUT2D eigenvalue weighted by Gasteiger charge is -2.08. The van der Waals surface area contributed by atoms with Crippen LogP contribution in [0.2, 0.25) is 0 Å². The smallest absolute Gasteiger partial charge is 0.268 e. The normalized spacial score (nSPS) is 10.4. The first kappa shape index (κ1) is 12.7. The van der Waals surface area contributed by atoms with E-state index in [1.807, 2.05) is 0 Å². The van der Waals surface area contributed by atoms with Crippen molar-refractivity contribution in [2.24, 2.45) is 5.84 Å². The molecule has 0 aromatic carbocycles. The number of aromatic nitrogens is 4. The van der Waals surface area contributed by atoms with Gasteiger partial charge in [-0.25, -0.2) is 15.8 Å². The summed E-state index contributed by atoms with van der Waals surface area (Å²) in [5.74, 6) is 6.28. The number of nitrogens with zero attached hydrogens (tertiary/aromatic N) is 4. The summed E-state index contributed by atoms with van der Waals surface area (Å²) in [6, 6.07) is 0. The number of rotatable bonds is 3. The number of hydrogen-bond donors (Lipinski definition) is 2. The summed E-state index contributed by atoms with van der Waals surface area (Å²) in [5, 5.41) is 0. The topological polar surface area (TPSA) is 98.7 Å². The first-order valence-electron chi connectivity index (χ1n) is 5.11. The van der Waals surface area contributed by atoms with Gasteiger partial charge in [0.05, 0.1) is 24.6 Å². The Labute approximate surface area is 111 Å². The molecule has 2 aromatic heterocycles. The number of hydrazine groups is 1. The summed E-state index contributed by atoms with van der Waals surface area (Å²) in [4.78, 5) is 24.2. The van der Waals surface area contributed by atoms with Gasteiger partial charge in [0, 0.05) is 6.20 Å². The molecule has 3 N–H and O–H groups in total. The van der Waals surface area contributed by atoms with Crippen LogP contribution in [0.5, 0.6) is 0 Å². The van der Waals surface area contributed by atoms with Crippen molar-refractivity contribution in [3.05, 3.63) is 44.9 Å². The average Bonchev–Trinajstić information content (AvgIpc) is 2.40. The van der Waals surface area contributed by atoms with Crippen molar-refractivity contribution < 1.29 is 0 Å². The molecule has 94 valence electrons. The van der Waals surface area contributed by atoms with Gasteiger partial charge in [-0.2, -0.15) is 0 Å². The lowest BCUT2D eigenvalue weighted by atomic mass is 10.4. The molecule has 0 amide bonds. The maximum absolute atomic E-state index is 11.9. The zero-order valence-corrected chi connectivity index (χ0v) is 11.2. The summed E-state index contributed by atoms with van der Waals surface area (Å²) >= 11 is 3.16. The zero-order valence-electron chi connectivity index (χ0n) is 9.59. The Kier molecular flexibility index (Phi) is 3.68. The van der Waals surface area contributed by atoms with Crippen molar-refractivity contribution in [1.82, 2.24) is 19.5 Å². The molecule has 2 heterocycles. The molecular weight excluding hydrogens is 300 g/mol. The van der Waals surface area contributed by atoms with Gasteiger partial charge in [-0.15, -0.1) is 0 Å². The predicted molar refractivity (Wildman–Crippen MR) is 69.9 cm³/mol. The van der Waals surface area contributed by atoms with Crippen LogP contribution in [0.15, 0.2) is 27.9 Å². The van der Waals surface area contributed by atoms with E-state index in [0.717, 1.165) is 0 Å². The lowest BCUT2D eigenvalue weighted by Crippen LogP contribution is -2.25. The van der Waals surface area contributed by atoms with Gasteiger partial charge in [0.25, 0.3) is 5.56 Å². The molecule has 0 fully saturated rings. The molecule has 0 atom stereocenters. The molecular formula is C10H11BrN6O.